The maximum atomic E-state index is 4.42. The van der Waals surface area contributed by atoms with Crippen LogP contribution in [-0.2, 0) is 12.8 Å². The van der Waals surface area contributed by atoms with Crippen LogP contribution >= 0.6 is 18.6 Å². The summed E-state index contributed by atoms with van der Waals surface area (Å²) in [4.78, 5) is 0.745. The number of benzene rings is 2. The van der Waals surface area contributed by atoms with Crippen LogP contribution in [0, 0.1) is 0 Å². The highest BCUT2D eigenvalue weighted by Gasteiger charge is 2.15. The molecule has 0 heterocycles. The van der Waals surface area contributed by atoms with Crippen LogP contribution in [0.15, 0.2) is 54.6 Å². The SMILES string of the molecule is C=P(C)(C)C(CCCc1cccc(Cc2ccccc2)c1)SC. The smallest absolute Gasteiger partial charge is 0.0233 e. The van der Waals surface area contributed by atoms with Gasteiger partial charge < -0.3 is 0 Å². The maximum absolute atomic E-state index is 4.42. The zero-order valence-electron chi connectivity index (χ0n) is 14.7. The van der Waals surface area contributed by atoms with Gasteiger partial charge in [-0.25, -0.2) is 0 Å². The van der Waals surface area contributed by atoms with Crippen LogP contribution in [0.3, 0.4) is 0 Å². The van der Waals surface area contributed by atoms with Gasteiger partial charge in [0.1, 0.15) is 0 Å². The first-order chi connectivity index (χ1) is 11.0. The van der Waals surface area contributed by atoms with Gasteiger partial charge in [-0.3, -0.25) is 0 Å². The highest BCUT2D eigenvalue weighted by atomic mass is 32.2. The Morgan fingerprint density at radius 3 is 2.26 bits per heavy atom. The lowest BCUT2D eigenvalue weighted by Gasteiger charge is -2.24. The fraction of sp³-hybridized carbons (Fsp3) is 0.381. The molecule has 0 bridgehead atoms. The van der Waals surface area contributed by atoms with E-state index in [0.717, 1.165) is 11.4 Å². The third-order valence-electron chi connectivity index (χ3n) is 4.21. The van der Waals surface area contributed by atoms with E-state index in [1.807, 2.05) is 11.8 Å². The Kier molecular flexibility index (Phi) is 7.06. The van der Waals surface area contributed by atoms with Crippen molar-refractivity contribution in [3.8, 4) is 0 Å². The Hall–Kier alpha value is -0.910. The molecule has 0 fully saturated rings. The van der Waals surface area contributed by atoms with Crippen molar-refractivity contribution in [1.29, 1.82) is 0 Å². The van der Waals surface area contributed by atoms with Crippen molar-refractivity contribution in [3.05, 3.63) is 71.3 Å². The van der Waals surface area contributed by atoms with Crippen LogP contribution in [0.25, 0.3) is 0 Å². The van der Waals surface area contributed by atoms with E-state index in [4.69, 9.17) is 0 Å². The molecule has 0 spiro atoms. The number of hydrogen-bond donors (Lipinski definition) is 0. The van der Waals surface area contributed by atoms with Crippen LogP contribution < -0.4 is 0 Å². The van der Waals surface area contributed by atoms with Gasteiger partial charge in [-0.05, 0) is 62.0 Å². The Morgan fingerprint density at radius 1 is 0.957 bits per heavy atom. The molecule has 0 aliphatic heterocycles. The zero-order chi connectivity index (χ0) is 16.7. The summed E-state index contributed by atoms with van der Waals surface area (Å²) in [6.45, 7) is 3.72. The van der Waals surface area contributed by atoms with E-state index in [-0.39, 0.29) is 0 Å². The predicted molar refractivity (Wildman–Crippen MR) is 112 cm³/mol. The third-order valence-corrected chi connectivity index (χ3v) is 9.15. The van der Waals surface area contributed by atoms with Crippen LogP contribution in [-0.4, -0.2) is 30.9 Å². The highest BCUT2D eigenvalue weighted by Crippen LogP contribution is 2.49. The van der Waals surface area contributed by atoms with Crippen LogP contribution in [0.4, 0.5) is 0 Å². The topological polar surface area (TPSA) is 0 Å². The second-order valence-electron chi connectivity index (χ2n) is 6.84. The van der Waals surface area contributed by atoms with Gasteiger partial charge in [0.05, 0.1) is 0 Å². The van der Waals surface area contributed by atoms with Crippen molar-refractivity contribution in [2.75, 3.05) is 19.6 Å². The summed E-state index contributed by atoms with van der Waals surface area (Å²) in [5.41, 5.74) is 4.27. The molecule has 0 aliphatic carbocycles. The number of thioether (sulfide) groups is 1. The molecule has 0 radical (unpaired) electrons. The normalized spacial score (nSPS) is 13.0. The van der Waals surface area contributed by atoms with E-state index in [2.05, 4.69) is 80.5 Å². The average Bonchev–Trinajstić information content (AvgIpc) is 2.52. The largest absolute Gasteiger partial charge is 0.157 e. The van der Waals surface area contributed by atoms with E-state index >= 15 is 0 Å². The molecular weight excluding hydrogens is 315 g/mol. The number of hydrogen-bond acceptors (Lipinski definition) is 1. The summed E-state index contributed by atoms with van der Waals surface area (Å²) in [5.74, 6) is 0. The van der Waals surface area contributed by atoms with Gasteiger partial charge in [0.25, 0.3) is 0 Å². The zero-order valence-corrected chi connectivity index (χ0v) is 16.4. The molecule has 2 aromatic carbocycles. The summed E-state index contributed by atoms with van der Waals surface area (Å²) in [6, 6.07) is 19.8. The molecule has 0 aliphatic rings. The van der Waals surface area contributed by atoms with Gasteiger partial charge in [0.2, 0.25) is 0 Å². The molecule has 0 amide bonds. The third kappa shape index (κ3) is 6.24. The molecule has 0 saturated carbocycles. The van der Waals surface area contributed by atoms with Crippen LogP contribution in [0.5, 0.6) is 0 Å². The molecule has 2 aromatic rings. The maximum Gasteiger partial charge on any atom is 0.0233 e. The summed E-state index contributed by atoms with van der Waals surface area (Å²) in [7, 11) is 0. The Morgan fingerprint density at radius 2 is 1.61 bits per heavy atom. The molecule has 0 aromatic heterocycles. The number of aryl methyl sites for hydroxylation is 1. The van der Waals surface area contributed by atoms with Crippen LogP contribution in [0.2, 0.25) is 0 Å². The van der Waals surface area contributed by atoms with Crippen molar-refractivity contribution in [2.24, 2.45) is 0 Å². The minimum absolute atomic E-state index is 0.745. The predicted octanol–water partition coefficient (Wildman–Crippen LogP) is 6.00. The van der Waals surface area contributed by atoms with Gasteiger partial charge >= 0.3 is 0 Å². The second kappa shape index (κ2) is 8.81. The van der Waals surface area contributed by atoms with Gasteiger partial charge in [0, 0.05) is 4.99 Å². The first-order valence-corrected chi connectivity index (χ1v) is 12.5. The van der Waals surface area contributed by atoms with E-state index in [9.17, 15) is 0 Å². The Balaban J connectivity index is 1.91. The monoisotopic (exact) mass is 344 g/mol. The van der Waals surface area contributed by atoms with Crippen LogP contribution in [0.1, 0.15) is 29.5 Å². The van der Waals surface area contributed by atoms with Gasteiger partial charge in [-0.1, -0.05) is 54.6 Å². The van der Waals surface area contributed by atoms with Crippen molar-refractivity contribution >= 4 is 24.9 Å². The molecule has 0 nitrogen and oxygen atoms in total. The standard InChI is InChI=1S/C21H29PS/c1-22(2,3)21(23-4)15-9-13-19-12-8-14-20(17-19)16-18-10-6-5-7-11-18/h5-8,10-12,14,17,21H,1,9,13,15-16H2,2-4H3. The first kappa shape index (κ1) is 18.4. The molecular formula is C21H29PS. The molecule has 0 N–H and O–H groups in total. The number of rotatable bonds is 8. The van der Waals surface area contributed by atoms with E-state index in [1.54, 1.807) is 0 Å². The molecule has 0 saturated heterocycles. The molecule has 23 heavy (non-hydrogen) atoms. The Bertz CT molecular complexity index is 642. The minimum Gasteiger partial charge on any atom is -0.157 e. The summed E-state index contributed by atoms with van der Waals surface area (Å²) < 4.78 is 0. The van der Waals surface area contributed by atoms with Gasteiger partial charge in [-0.2, -0.15) is 11.8 Å². The quantitative estimate of drug-likeness (QED) is 0.529. The summed E-state index contributed by atoms with van der Waals surface area (Å²) >= 11 is 2.00. The summed E-state index contributed by atoms with van der Waals surface area (Å²) in [6.07, 6.45) is 11.4. The summed E-state index contributed by atoms with van der Waals surface area (Å²) in [5, 5.41) is 0. The fourth-order valence-corrected chi connectivity index (χ4v) is 6.53. The van der Waals surface area contributed by atoms with E-state index in [1.165, 1.54) is 36.0 Å². The Labute approximate surface area is 146 Å². The van der Waals surface area contributed by atoms with Gasteiger partial charge in [0.15, 0.2) is 0 Å². The fourth-order valence-electron chi connectivity index (χ4n) is 2.96. The molecule has 124 valence electrons. The van der Waals surface area contributed by atoms with Crippen molar-refractivity contribution in [1.82, 2.24) is 0 Å². The second-order valence-corrected chi connectivity index (χ2v) is 12.4. The molecule has 1 atom stereocenters. The van der Waals surface area contributed by atoms with E-state index < -0.39 is 6.89 Å². The minimum atomic E-state index is -0.990. The molecule has 2 heteroatoms. The molecule has 1 unspecified atom stereocenters. The lowest BCUT2D eigenvalue weighted by Crippen LogP contribution is -2.03. The van der Waals surface area contributed by atoms with Crippen molar-refractivity contribution in [3.63, 3.8) is 0 Å². The van der Waals surface area contributed by atoms with Crippen molar-refractivity contribution < 1.29 is 0 Å². The lowest BCUT2D eigenvalue weighted by atomic mass is 10.0. The highest BCUT2D eigenvalue weighted by molar-refractivity contribution is 8.07. The van der Waals surface area contributed by atoms with Crippen molar-refractivity contribution in [2.45, 2.75) is 30.7 Å². The lowest BCUT2D eigenvalue weighted by molar-refractivity contribution is 0.781. The van der Waals surface area contributed by atoms with Gasteiger partial charge in [-0.15, -0.1) is 13.2 Å². The average molecular weight is 345 g/mol. The first-order valence-electron chi connectivity index (χ1n) is 8.31. The molecule has 2 rings (SSSR count). The van der Waals surface area contributed by atoms with E-state index in [0.29, 0.717) is 0 Å².